The van der Waals surface area contributed by atoms with Crippen LogP contribution in [0.4, 0.5) is 8.78 Å². The molecule has 0 fully saturated rings. The van der Waals surface area contributed by atoms with Gasteiger partial charge in [0.2, 0.25) is 5.83 Å². The number of esters is 1. The number of allylic oxidation sites excluding steroid dienone is 1. The molecule has 54 valence electrons. The highest BCUT2D eigenvalue weighted by Gasteiger charge is 2.14. The highest BCUT2D eigenvalue weighted by molar-refractivity contribution is 5.86. The van der Waals surface area contributed by atoms with Gasteiger partial charge in [0.15, 0.2) is 0 Å². The van der Waals surface area contributed by atoms with Crippen molar-refractivity contribution in [3.8, 4) is 6.07 Å². The Hall–Kier alpha value is -1.44. The van der Waals surface area contributed by atoms with Crippen LogP contribution >= 0.6 is 0 Å². The van der Waals surface area contributed by atoms with E-state index in [1.165, 1.54) is 0 Å². The minimum absolute atomic E-state index is 0.817. The first kappa shape index (κ1) is 8.56. The number of carbonyl (C=O) groups is 1. The van der Waals surface area contributed by atoms with Crippen LogP contribution in [0, 0.1) is 11.3 Å². The van der Waals surface area contributed by atoms with E-state index in [2.05, 4.69) is 4.74 Å². The fourth-order valence-corrected chi connectivity index (χ4v) is 0.228. The van der Waals surface area contributed by atoms with Gasteiger partial charge in [-0.2, -0.15) is 14.0 Å². The number of nitriles is 1. The Labute approximate surface area is 55.5 Å². The van der Waals surface area contributed by atoms with Crippen molar-refractivity contribution in [2.75, 3.05) is 7.11 Å². The maximum Gasteiger partial charge on any atom is 0.370 e. The van der Waals surface area contributed by atoms with Gasteiger partial charge in [-0.15, -0.1) is 0 Å². The molecule has 0 spiro atoms. The van der Waals surface area contributed by atoms with E-state index in [4.69, 9.17) is 5.26 Å². The van der Waals surface area contributed by atoms with E-state index >= 15 is 0 Å². The molecule has 0 radical (unpaired) electrons. The normalized spacial score (nSPS) is 11.4. The lowest BCUT2D eigenvalue weighted by Crippen LogP contribution is -2.01. The van der Waals surface area contributed by atoms with Gasteiger partial charge in [-0.25, -0.2) is 4.79 Å². The van der Waals surface area contributed by atoms with E-state index in [9.17, 15) is 13.6 Å². The zero-order valence-corrected chi connectivity index (χ0v) is 5.02. The minimum atomic E-state index is -1.80. The van der Waals surface area contributed by atoms with Crippen LogP contribution in [0.15, 0.2) is 11.7 Å². The second kappa shape index (κ2) is 3.56. The number of methoxy groups -OCH3 is 1. The van der Waals surface area contributed by atoms with Crippen molar-refractivity contribution in [2.24, 2.45) is 0 Å². The van der Waals surface area contributed by atoms with Crippen LogP contribution in [0.3, 0.4) is 0 Å². The van der Waals surface area contributed by atoms with Crippen molar-refractivity contribution >= 4 is 5.97 Å². The van der Waals surface area contributed by atoms with Gasteiger partial charge in [0.05, 0.1) is 7.11 Å². The van der Waals surface area contributed by atoms with Gasteiger partial charge in [-0.05, 0) is 0 Å². The zero-order valence-electron chi connectivity index (χ0n) is 5.02. The third-order valence-electron chi connectivity index (χ3n) is 0.655. The highest BCUT2D eigenvalue weighted by atomic mass is 19.2. The maximum atomic E-state index is 12.0. The fraction of sp³-hybridized carbons (Fsp3) is 0.200. The lowest BCUT2D eigenvalue weighted by Gasteiger charge is -1.91. The molecule has 0 aromatic heterocycles. The van der Waals surface area contributed by atoms with Crippen molar-refractivity contribution in [1.29, 1.82) is 5.26 Å². The molecule has 0 aromatic carbocycles. The molecule has 0 heterocycles. The van der Waals surface area contributed by atoms with Gasteiger partial charge in [0.1, 0.15) is 6.07 Å². The molecule has 0 saturated carbocycles. The van der Waals surface area contributed by atoms with E-state index in [0.29, 0.717) is 0 Å². The summed E-state index contributed by atoms with van der Waals surface area (Å²) < 4.78 is 27.6. The molecular weight excluding hydrogens is 144 g/mol. The average Bonchev–Trinajstić information content (AvgIpc) is 2.00. The summed E-state index contributed by atoms with van der Waals surface area (Å²) in [5, 5.41) is 7.72. The Kier molecular flexibility index (Phi) is 3.05. The van der Waals surface area contributed by atoms with Gasteiger partial charge in [0, 0.05) is 0 Å². The van der Waals surface area contributed by atoms with Crippen molar-refractivity contribution in [1.82, 2.24) is 0 Å². The second-order valence-electron chi connectivity index (χ2n) is 1.23. The van der Waals surface area contributed by atoms with Crippen molar-refractivity contribution in [3.05, 3.63) is 11.7 Å². The van der Waals surface area contributed by atoms with E-state index in [1.54, 1.807) is 0 Å². The Morgan fingerprint density at radius 2 is 2.10 bits per heavy atom. The van der Waals surface area contributed by atoms with E-state index in [0.717, 1.165) is 13.2 Å². The summed E-state index contributed by atoms with van der Waals surface area (Å²) in [6.45, 7) is 0. The molecule has 0 N–H and O–H groups in total. The molecule has 3 nitrogen and oxygen atoms in total. The van der Waals surface area contributed by atoms with E-state index in [-0.39, 0.29) is 0 Å². The number of nitrogens with zero attached hydrogens (tertiary/aromatic N) is 1. The Morgan fingerprint density at radius 1 is 1.60 bits per heavy atom. The number of hydrogen-bond acceptors (Lipinski definition) is 3. The summed E-state index contributed by atoms with van der Waals surface area (Å²) >= 11 is 0. The lowest BCUT2D eigenvalue weighted by atomic mass is 10.5. The largest absolute Gasteiger partial charge is 0.464 e. The monoisotopic (exact) mass is 147 g/mol. The summed E-state index contributed by atoms with van der Waals surface area (Å²) in [4.78, 5) is 10.1. The van der Waals surface area contributed by atoms with Gasteiger partial charge >= 0.3 is 5.97 Å². The molecule has 0 amide bonds. The average molecular weight is 147 g/mol. The van der Waals surface area contributed by atoms with Crippen LogP contribution in [0.2, 0.25) is 0 Å². The standard InChI is InChI=1S/C5H3F2NO2/c1-10-5(9)4(7)3(6)2-8/h1H3/b4-3+. The van der Waals surface area contributed by atoms with Gasteiger partial charge in [0.25, 0.3) is 5.83 Å². The summed E-state index contributed by atoms with van der Waals surface area (Å²) in [5.41, 5.74) is 0. The lowest BCUT2D eigenvalue weighted by molar-refractivity contribution is -0.137. The molecule has 5 heteroatoms. The second-order valence-corrected chi connectivity index (χ2v) is 1.23. The molecule has 0 aliphatic rings. The number of carbonyl (C=O) groups excluding carboxylic acids is 1. The number of ether oxygens (including phenoxy) is 1. The third-order valence-corrected chi connectivity index (χ3v) is 0.655. The van der Waals surface area contributed by atoms with Crippen LogP contribution in [-0.2, 0) is 9.53 Å². The maximum absolute atomic E-state index is 12.0. The van der Waals surface area contributed by atoms with Gasteiger partial charge < -0.3 is 4.74 Å². The summed E-state index contributed by atoms with van der Waals surface area (Å²) in [6, 6.07) is 0.817. The first-order valence-electron chi connectivity index (χ1n) is 2.17. The molecule has 0 atom stereocenters. The fourth-order valence-electron chi connectivity index (χ4n) is 0.228. The Morgan fingerprint density at radius 3 is 2.40 bits per heavy atom. The SMILES string of the molecule is COC(=O)/C(F)=C(\F)C#N. The Bertz CT molecular complexity index is 216. The summed E-state index contributed by atoms with van der Waals surface area (Å²) in [7, 11) is 0.882. The number of rotatable bonds is 1. The van der Waals surface area contributed by atoms with Crippen molar-refractivity contribution in [3.63, 3.8) is 0 Å². The molecule has 0 aromatic rings. The third kappa shape index (κ3) is 1.82. The molecule has 0 rings (SSSR count). The molecule has 0 bridgehead atoms. The van der Waals surface area contributed by atoms with E-state index < -0.39 is 17.6 Å². The molecular formula is C5H3F2NO2. The molecule has 0 unspecified atom stereocenters. The quantitative estimate of drug-likeness (QED) is 0.313. The molecule has 0 aliphatic heterocycles. The number of halogens is 2. The smallest absolute Gasteiger partial charge is 0.370 e. The summed E-state index contributed by atoms with van der Waals surface area (Å²) in [5.74, 6) is -5.06. The van der Waals surface area contributed by atoms with Gasteiger partial charge in [-0.1, -0.05) is 0 Å². The van der Waals surface area contributed by atoms with Gasteiger partial charge in [-0.3, -0.25) is 0 Å². The van der Waals surface area contributed by atoms with Crippen LogP contribution in [-0.4, -0.2) is 13.1 Å². The first-order valence-corrected chi connectivity index (χ1v) is 2.17. The predicted molar refractivity (Wildman–Crippen MR) is 26.9 cm³/mol. The molecule has 10 heavy (non-hydrogen) atoms. The Balaban J connectivity index is 4.51. The van der Waals surface area contributed by atoms with Crippen molar-refractivity contribution in [2.45, 2.75) is 0 Å². The first-order chi connectivity index (χ1) is 4.63. The predicted octanol–water partition coefficient (Wildman–Crippen LogP) is 0.834. The van der Waals surface area contributed by atoms with Crippen LogP contribution in [0.25, 0.3) is 0 Å². The summed E-state index contributed by atoms with van der Waals surface area (Å²) in [6.07, 6.45) is 0. The van der Waals surface area contributed by atoms with Crippen molar-refractivity contribution < 1.29 is 18.3 Å². The topological polar surface area (TPSA) is 50.1 Å². The molecule has 0 aliphatic carbocycles. The van der Waals surface area contributed by atoms with Crippen LogP contribution in [0.1, 0.15) is 0 Å². The van der Waals surface area contributed by atoms with Crippen LogP contribution in [0.5, 0.6) is 0 Å². The number of hydrogen-bond donors (Lipinski definition) is 0. The minimum Gasteiger partial charge on any atom is -0.464 e. The zero-order chi connectivity index (χ0) is 8.15. The van der Waals surface area contributed by atoms with Crippen LogP contribution < -0.4 is 0 Å². The highest BCUT2D eigenvalue weighted by Crippen LogP contribution is 2.07. The molecule has 0 saturated heterocycles. The van der Waals surface area contributed by atoms with E-state index in [1.807, 2.05) is 0 Å².